The molecule has 0 radical (unpaired) electrons. The van der Waals surface area contributed by atoms with E-state index < -0.39 is 0 Å². The number of unbranched alkanes of at least 4 members (excludes halogenated alkanes) is 11. The molecule has 0 aromatic carbocycles. The predicted octanol–water partition coefficient (Wildman–Crippen LogP) is 3.19. The minimum atomic E-state index is 0. The Hall–Kier alpha value is -0.150. The summed E-state index contributed by atoms with van der Waals surface area (Å²) >= 11 is 2.06. The van der Waals surface area contributed by atoms with Crippen molar-refractivity contribution in [1.82, 2.24) is 4.57 Å². The van der Waals surface area contributed by atoms with Gasteiger partial charge >= 0.3 is 0 Å². The fourth-order valence-corrected chi connectivity index (χ4v) is 3.82. The number of halogens is 1. The van der Waals surface area contributed by atoms with Crippen LogP contribution >= 0.6 is 11.8 Å². The first-order chi connectivity index (χ1) is 11.4. The number of hydrogen-bond donors (Lipinski definition) is 0. The minimum absolute atomic E-state index is 0. The van der Waals surface area contributed by atoms with Crippen molar-refractivity contribution in [3.05, 3.63) is 18.7 Å². The Labute approximate surface area is 161 Å². The van der Waals surface area contributed by atoms with E-state index in [1.807, 2.05) is 0 Å². The summed E-state index contributed by atoms with van der Waals surface area (Å²) in [6, 6.07) is 0. The zero-order chi connectivity index (χ0) is 16.6. The van der Waals surface area contributed by atoms with Crippen LogP contribution in [0.5, 0.6) is 0 Å². The van der Waals surface area contributed by atoms with Gasteiger partial charge in [-0.2, -0.15) is 0 Å². The Morgan fingerprint density at radius 1 is 0.792 bits per heavy atom. The molecule has 0 fully saturated rings. The zero-order valence-corrected chi connectivity index (χ0v) is 17.6. The Bertz CT molecular complexity index is 368. The second-order valence-corrected chi connectivity index (χ2v) is 7.76. The average Bonchev–Trinajstić information content (AvgIpc) is 3.03. The molecule has 1 aromatic heterocycles. The molecule has 4 heteroatoms. The van der Waals surface area contributed by atoms with E-state index >= 15 is 0 Å². The van der Waals surface area contributed by atoms with Crippen molar-refractivity contribution in [2.45, 2.75) is 103 Å². The van der Waals surface area contributed by atoms with Crippen LogP contribution in [0.3, 0.4) is 0 Å². The summed E-state index contributed by atoms with van der Waals surface area (Å²) in [6.45, 7) is 5.54. The van der Waals surface area contributed by atoms with E-state index in [4.69, 9.17) is 0 Å². The molecule has 2 nitrogen and oxygen atoms in total. The number of aryl methyl sites for hydroxylation is 1. The third kappa shape index (κ3) is 13.2. The van der Waals surface area contributed by atoms with Gasteiger partial charge in [0.25, 0.3) is 0 Å². The highest BCUT2D eigenvalue weighted by molar-refractivity contribution is 7.98. The number of thioether (sulfide) groups is 1. The highest BCUT2D eigenvalue weighted by Gasteiger charge is 2.01. The van der Waals surface area contributed by atoms with Gasteiger partial charge in [-0.05, 0) is 19.1 Å². The first kappa shape index (κ1) is 23.9. The summed E-state index contributed by atoms with van der Waals surface area (Å²) in [5.41, 5.74) is 0. The lowest BCUT2D eigenvalue weighted by molar-refractivity contribution is -0.675. The third-order valence-corrected chi connectivity index (χ3v) is 5.55. The lowest BCUT2D eigenvalue weighted by Crippen LogP contribution is -3.00. The molecule has 0 spiro atoms. The number of rotatable bonds is 16. The molecule has 142 valence electrons. The molecule has 24 heavy (non-hydrogen) atoms. The molecule has 0 atom stereocenters. The smallest absolute Gasteiger partial charge is 0.244 e. The largest absolute Gasteiger partial charge is 1.00 e. The summed E-state index contributed by atoms with van der Waals surface area (Å²) in [4.78, 5) is 0. The van der Waals surface area contributed by atoms with Gasteiger partial charge in [0.15, 0.2) is 0 Å². The Morgan fingerprint density at radius 2 is 1.33 bits per heavy atom. The first-order valence-corrected chi connectivity index (χ1v) is 11.1. The quantitative estimate of drug-likeness (QED) is 0.319. The molecule has 0 aliphatic heterocycles. The van der Waals surface area contributed by atoms with E-state index in [0.717, 1.165) is 12.4 Å². The summed E-state index contributed by atoms with van der Waals surface area (Å²) < 4.78 is 4.51. The van der Waals surface area contributed by atoms with E-state index in [9.17, 15) is 0 Å². The summed E-state index contributed by atoms with van der Waals surface area (Å²) in [7, 11) is 0. The molecular formula is C20H39ClN2S. The van der Waals surface area contributed by atoms with Crippen LogP contribution in [0.4, 0.5) is 0 Å². The van der Waals surface area contributed by atoms with Crippen molar-refractivity contribution < 1.29 is 17.0 Å². The molecular weight excluding hydrogens is 336 g/mol. The maximum Gasteiger partial charge on any atom is 0.244 e. The third-order valence-electron chi connectivity index (χ3n) is 4.49. The van der Waals surface area contributed by atoms with Crippen molar-refractivity contribution in [3.8, 4) is 0 Å². The maximum absolute atomic E-state index is 2.29. The van der Waals surface area contributed by atoms with Crippen LogP contribution in [-0.4, -0.2) is 10.3 Å². The number of nitrogens with zero attached hydrogens (tertiary/aromatic N) is 2. The molecule has 0 saturated heterocycles. The van der Waals surface area contributed by atoms with Gasteiger partial charge in [0, 0.05) is 0 Å². The van der Waals surface area contributed by atoms with Gasteiger partial charge in [-0.3, -0.25) is 0 Å². The fourth-order valence-electron chi connectivity index (χ4n) is 2.92. The summed E-state index contributed by atoms with van der Waals surface area (Å²) in [6.07, 6.45) is 23.8. The van der Waals surface area contributed by atoms with Crippen molar-refractivity contribution in [2.75, 3.05) is 5.75 Å². The number of hydrogen-bond acceptors (Lipinski definition) is 1. The molecule has 1 rings (SSSR count). The second kappa shape index (κ2) is 17.7. The average molecular weight is 375 g/mol. The topological polar surface area (TPSA) is 8.81 Å². The van der Waals surface area contributed by atoms with Gasteiger partial charge in [0.05, 0.1) is 6.54 Å². The second-order valence-electron chi connectivity index (χ2n) is 6.68. The fraction of sp³-hybridized carbons (Fsp3) is 0.850. The van der Waals surface area contributed by atoms with Crippen LogP contribution in [-0.2, 0) is 12.4 Å². The Kier molecular flexibility index (Phi) is 17.6. The molecule has 0 bridgehead atoms. The normalized spacial score (nSPS) is 10.8. The molecule has 0 unspecified atom stereocenters. The zero-order valence-electron chi connectivity index (χ0n) is 16.0. The van der Waals surface area contributed by atoms with Crippen molar-refractivity contribution in [2.24, 2.45) is 0 Å². The highest BCUT2D eigenvalue weighted by Crippen LogP contribution is 2.13. The summed E-state index contributed by atoms with van der Waals surface area (Å²) in [5, 5.41) is 0. The lowest BCUT2D eigenvalue weighted by Gasteiger charge is -2.03. The number of imidazole rings is 1. The van der Waals surface area contributed by atoms with Crippen LogP contribution in [0.25, 0.3) is 0 Å². The monoisotopic (exact) mass is 374 g/mol. The van der Waals surface area contributed by atoms with Crippen molar-refractivity contribution >= 4 is 11.8 Å². The van der Waals surface area contributed by atoms with Crippen molar-refractivity contribution in [3.63, 3.8) is 0 Å². The van der Waals surface area contributed by atoms with Gasteiger partial charge < -0.3 is 12.4 Å². The van der Waals surface area contributed by atoms with E-state index in [0.29, 0.717) is 0 Å². The van der Waals surface area contributed by atoms with E-state index in [1.165, 1.54) is 82.8 Å². The standard InChI is InChI=1S/C20H39N2S.ClH/c1-3-5-6-7-8-9-10-11-12-13-14-15-18-23-20-22-17-16-21(4-2)19-22;/h16-17,19H,3-15,18,20H2,1-2H3;1H/q+1;/p-1. The van der Waals surface area contributed by atoms with Gasteiger partial charge in [-0.25, -0.2) is 9.13 Å². The lowest BCUT2D eigenvalue weighted by atomic mass is 10.1. The van der Waals surface area contributed by atoms with Gasteiger partial charge in [-0.1, -0.05) is 77.6 Å². The van der Waals surface area contributed by atoms with Crippen molar-refractivity contribution in [1.29, 1.82) is 0 Å². The maximum atomic E-state index is 2.29. The van der Waals surface area contributed by atoms with E-state index in [2.05, 4.69) is 53.5 Å². The molecule has 0 amide bonds. The van der Waals surface area contributed by atoms with Crippen LogP contribution < -0.4 is 17.0 Å². The predicted molar refractivity (Wildman–Crippen MR) is 104 cm³/mol. The van der Waals surface area contributed by atoms with Gasteiger partial charge in [0.2, 0.25) is 6.33 Å². The molecule has 0 N–H and O–H groups in total. The van der Waals surface area contributed by atoms with Crippen LogP contribution in [0.2, 0.25) is 0 Å². The van der Waals surface area contributed by atoms with E-state index in [-0.39, 0.29) is 12.4 Å². The Morgan fingerprint density at radius 3 is 1.83 bits per heavy atom. The van der Waals surface area contributed by atoms with Crippen LogP contribution in [0.15, 0.2) is 18.7 Å². The van der Waals surface area contributed by atoms with Crippen LogP contribution in [0.1, 0.15) is 90.9 Å². The van der Waals surface area contributed by atoms with Crippen LogP contribution in [0, 0.1) is 0 Å². The van der Waals surface area contributed by atoms with Gasteiger partial charge in [0.1, 0.15) is 18.3 Å². The highest BCUT2D eigenvalue weighted by atomic mass is 35.5. The van der Waals surface area contributed by atoms with E-state index in [1.54, 1.807) is 0 Å². The molecule has 0 aliphatic rings. The SMILES string of the molecule is CCCCCCCCCCCCCCSC[n+]1ccn(CC)c1.[Cl-]. The molecule has 0 saturated carbocycles. The number of aromatic nitrogens is 2. The van der Waals surface area contributed by atoms with Gasteiger partial charge in [-0.15, -0.1) is 11.8 Å². The summed E-state index contributed by atoms with van der Waals surface area (Å²) in [5.74, 6) is 2.41. The Balaban J connectivity index is 0.00000529. The molecule has 1 aromatic rings. The molecule has 0 aliphatic carbocycles. The molecule has 1 heterocycles. The first-order valence-electron chi connectivity index (χ1n) is 9.99. The minimum Gasteiger partial charge on any atom is -1.00 e.